The molecule has 0 radical (unpaired) electrons. The maximum absolute atomic E-state index is 11.4. The van der Waals surface area contributed by atoms with Crippen LogP contribution >= 0.6 is 0 Å². The average Bonchev–Trinajstić information content (AvgIpc) is 2.39. The van der Waals surface area contributed by atoms with Crippen LogP contribution in [0, 0.1) is 12.8 Å². The molecule has 0 unspecified atom stereocenters. The monoisotopic (exact) mass is 234 g/mol. The van der Waals surface area contributed by atoms with Crippen LogP contribution in [0.4, 0.5) is 0 Å². The fourth-order valence-corrected chi connectivity index (χ4v) is 2.57. The van der Waals surface area contributed by atoms with Gasteiger partial charge in [0.1, 0.15) is 0 Å². The van der Waals surface area contributed by atoms with Crippen molar-refractivity contribution < 1.29 is 4.79 Å². The largest absolute Gasteiger partial charge is 0.294 e. The number of nitrogens with zero attached hydrogens (tertiary/aromatic N) is 2. The smallest absolute Gasteiger partial charge is 0.236 e. The van der Waals surface area contributed by atoms with E-state index in [1.165, 1.54) is 0 Å². The number of nitrogens with one attached hydrogen (secondary N) is 1. The van der Waals surface area contributed by atoms with E-state index < -0.39 is 0 Å². The SMILES string of the molecule is Cc1nccnc1C1CCC(C(=O)NN)CC1. The lowest BCUT2D eigenvalue weighted by molar-refractivity contribution is -0.126. The van der Waals surface area contributed by atoms with E-state index in [1.807, 2.05) is 6.92 Å². The van der Waals surface area contributed by atoms with E-state index in [-0.39, 0.29) is 11.8 Å². The Morgan fingerprint density at radius 1 is 1.29 bits per heavy atom. The third-order valence-corrected chi connectivity index (χ3v) is 3.55. The lowest BCUT2D eigenvalue weighted by Crippen LogP contribution is -2.37. The molecule has 5 nitrogen and oxygen atoms in total. The van der Waals surface area contributed by atoms with Crippen molar-refractivity contribution in [1.29, 1.82) is 0 Å². The lowest BCUT2D eigenvalue weighted by Gasteiger charge is -2.27. The molecule has 1 aliphatic rings. The first-order chi connectivity index (χ1) is 8.22. The Hall–Kier alpha value is -1.49. The molecule has 0 saturated heterocycles. The minimum atomic E-state index is -0.0423. The van der Waals surface area contributed by atoms with Crippen LogP contribution in [0.3, 0.4) is 0 Å². The van der Waals surface area contributed by atoms with Crippen LogP contribution in [0.1, 0.15) is 43.0 Å². The highest BCUT2D eigenvalue weighted by molar-refractivity contribution is 5.78. The molecular formula is C12H18N4O. The van der Waals surface area contributed by atoms with E-state index in [4.69, 9.17) is 5.84 Å². The van der Waals surface area contributed by atoms with Gasteiger partial charge in [0.15, 0.2) is 0 Å². The fraction of sp³-hybridized carbons (Fsp3) is 0.583. The maximum Gasteiger partial charge on any atom is 0.236 e. The standard InChI is InChI=1S/C12H18N4O/c1-8-11(15-7-6-14-8)9-2-4-10(5-3-9)12(17)16-13/h6-7,9-10H,2-5,13H2,1H3,(H,16,17). The highest BCUT2D eigenvalue weighted by atomic mass is 16.2. The number of hydrogen-bond acceptors (Lipinski definition) is 4. The Morgan fingerprint density at radius 3 is 2.53 bits per heavy atom. The van der Waals surface area contributed by atoms with Gasteiger partial charge in [-0.2, -0.15) is 0 Å². The summed E-state index contributed by atoms with van der Waals surface area (Å²) in [7, 11) is 0. The number of aromatic nitrogens is 2. The number of amides is 1. The van der Waals surface area contributed by atoms with Gasteiger partial charge < -0.3 is 0 Å². The second-order valence-corrected chi connectivity index (χ2v) is 4.58. The first-order valence-electron chi connectivity index (χ1n) is 6.00. The molecule has 0 aliphatic heterocycles. The van der Waals surface area contributed by atoms with Crippen molar-refractivity contribution >= 4 is 5.91 Å². The Bertz CT molecular complexity index is 399. The molecule has 92 valence electrons. The summed E-state index contributed by atoms with van der Waals surface area (Å²) in [5.41, 5.74) is 4.32. The maximum atomic E-state index is 11.4. The van der Waals surface area contributed by atoms with E-state index in [1.54, 1.807) is 12.4 Å². The van der Waals surface area contributed by atoms with Gasteiger partial charge in [-0.15, -0.1) is 0 Å². The van der Waals surface area contributed by atoms with Gasteiger partial charge >= 0.3 is 0 Å². The number of carbonyl (C=O) groups excluding carboxylic acids is 1. The van der Waals surface area contributed by atoms with Crippen LogP contribution < -0.4 is 11.3 Å². The first-order valence-corrected chi connectivity index (χ1v) is 6.00. The second-order valence-electron chi connectivity index (χ2n) is 4.58. The molecule has 1 aromatic heterocycles. The molecule has 0 bridgehead atoms. The van der Waals surface area contributed by atoms with Gasteiger partial charge in [0.25, 0.3) is 0 Å². The van der Waals surface area contributed by atoms with Crippen LogP contribution in [0.2, 0.25) is 0 Å². The molecule has 1 heterocycles. The molecule has 0 atom stereocenters. The summed E-state index contributed by atoms with van der Waals surface area (Å²) in [4.78, 5) is 20.1. The summed E-state index contributed by atoms with van der Waals surface area (Å²) in [5.74, 6) is 5.61. The molecule has 1 fully saturated rings. The van der Waals surface area contributed by atoms with Crippen LogP contribution in [0.25, 0.3) is 0 Å². The van der Waals surface area contributed by atoms with Crippen molar-refractivity contribution in [3.05, 3.63) is 23.8 Å². The Balaban J connectivity index is 2.00. The zero-order valence-corrected chi connectivity index (χ0v) is 10.0. The van der Waals surface area contributed by atoms with Crippen molar-refractivity contribution in [1.82, 2.24) is 15.4 Å². The summed E-state index contributed by atoms with van der Waals surface area (Å²) in [6.45, 7) is 1.99. The molecular weight excluding hydrogens is 216 g/mol. The number of hydrogen-bond donors (Lipinski definition) is 2. The van der Waals surface area contributed by atoms with Gasteiger partial charge in [0, 0.05) is 24.2 Å². The van der Waals surface area contributed by atoms with Crippen LogP contribution in [0.5, 0.6) is 0 Å². The Labute approximate surface area is 101 Å². The lowest BCUT2D eigenvalue weighted by atomic mass is 9.79. The zero-order valence-electron chi connectivity index (χ0n) is 10.0. The van der Waals surface area contributed by atoms with Gasteiger partial charge in [-0.3, -0.25) is 20.2 Å². The molecule has 1 aromatic rings. The molecule has 1 saturated carbocycles. The summed E-state index contributed by atoms with van der Waals surface area (Å²) in [6, 6.07) is 0. The fourth-order valence-electron chi connectivity index (χ4n) is 2.57. The van der Waals surface area contributed by atoms with Gasteiger partial charge in [-0.25, -0.2) is 5.84 Å². The highest BCUT2D eigenvalue weighted by Crippen LogP contribution is 2.35. The number of nitrogens with two attached hydrogens (primary N) is 1. The minimum absolute atomic E-state index is 0.0423. The molecule has 1 amide bonds. The van der Waals surface area contributed by atoms with E-state index in [2.05, 4.69) is 15.4 Å². The third kappa shape index (κ3) is 2.61. The van der Waals surface area contributed by atoms with Gasteiger partial charge in [-0.05, 0) is 32.6 Å². The molecule has 5 heteroatoms. The first kappa shape index (κ1) is 12.0. The van der Waals surface area contributed by atoms with E-state index >= 15 is 0 Å². The third-order valence-electron chi connectivity index (χ3n) is 3.55. The minimum Gasteiger partial charge on any atom is -0.294 e. The topological polar surface area (TPSA) is 80.9 Å². The van der Waals surface area contributed by atoms with Gasteiger partial charge in [0.05, 0.1) is 11.4 Å². The normalized spacial score (nSPS) is 24.4. The summed E-state index contributed by atoms with van der Waals surface area (Å²) < 4.78 is 0. The van der Waals surface area contributed by atoms with Crippen molar-refractivity contribution in [2.24, 2.45) is 11.8 Å². The predicted octanol–water partition coefficient (Wildman–Crippen LogP) is 1.05. The van der Waals surface area contributed by atoms with Crippen molar-refractivity contribution in [2.75, 3.05) is 0 Å². The Kier molecular flexibility index (Phi) is 3.68. The van der Waals surface area contributed by atoms with Gasteiger partial charge in [-0.1, -0.05) is 0 Å². The second kappa shape index (κ2) is 5.23. The molecule has 1 aliphatic carbocycles. The number of rotatable bonds is 2. The van der Waals surface area contributed by atoms with E-state index in [0.29, 0.717) is 5.92 Å². The van der Waals surface area contributed by atoms with E-state index in [9.17, 15) is 4.79 Å². The Morgan fingerprint density at radius 2 is 1.94 bits per heavy atom. The quantitative estimate of drug-likeness (QED) is 0.455. The van der Waals surface area contributed by atoms with E-state index in [0.717, 1.165) is 37.1 Å². The van der Waals surface area contributed by atoms with Crippen LogP contribution in [-0.2, 0) is 4.79 Å². The molecule has 3 N–H and O–H groups in total. The number of aryl methyl sites for hydroxylation is 1. The molecule has 17 heavy (non-hydrogen) atoms. The molecule has 2 rings (SSSR count). The van der Waals surface area contributed by atoms with Crippen molar-refractivity contribution in [3.63, 3.8) is 0 Å². The number of hydrazine groups is 1. The van der Waals surface area contributed by atoms with Crippen LogP contribution in [-0.4, -0.2) is 15.9 Å². The van der Waals surface area contributed by atoms with Crippen molar-refractivity contribution in [3.8, 4) is 0 Å². The van der Waals surface area contributed by atoms with Crippen molar-refractivity contribution in [2.45, 2.75) is 38.5 Å². The average molecular weight is 234 g/mol. The number of carbonyl (C=O) groups is 1. The zero-order chi connectivity index (χ0) is 12.3. The summed E-state index contributed by atoms with van der Waals surface area (Å²) >= 11 is 0. The molecule has 0 spiro atoms. The molecule has 0 aromatic carbocycles. The summed E-state index contributed by atoms with van der Waals surface area (Å²) in [5, 5.41) is 0. The predicted molar refractivity (Wildman–Crippen MR) is 63.8 cm³/mol. The summed E-state index contributed by atoms with van der Waals surface area (Å²) in [6.07, 6.45) is 7.18. The van der Waals surface area contributed by atoms with Gasteiger partial charge in [0.2, 0.25) is 5.91 Å². The highest BCUT2D eigenvalue weighted by Gasteiger charge is 2.28. The van der Waals surface area contributed by atoms with Crippen LogP contribution in [0.15, 0.2) is 12.4 Å².